The summed E-state index contributed by atoms with van der Waals surface area (Å²) >= 11 is 27.1. The number of ketones is 2. The van der Waals surface area contributed by atoms with E-state index in [9.17, 15) is 9.59 Å². The smallest absolute Gasteiger partial charge is 0.199 e. The van der Waals surface area contributed by atoms with Crippen LogP contribution in [0, 0.1) is 0 Å². The van der Waals surface area contributed by atoms with Crippen LogP contribution in [-0.4, -0.2) is 16.6 Å². The number of allylic oxidation sites excluding steroid dienone is 5. The molecular weight excluding hydrogens is 762 g/mol. The van der Waals surface area contributed by atoms with Crippen LogP contribution in [0.15, 0.2) is 126 Å². The number of hydrogen-bond acceptors (Lipinski definition) is 5. The van der Waals surface area contributed by atoms with E-state index < -0.39 is 17.0 Å². The van der Waals surface area contributed by atoms with E-state index in [0.717, 1.165) is 56.6 Å². The second-order valence-corrected chi connectivity index (χ2v) is 15.9. The first-order valence-electron chi connectivity index (χ1n) is 17.0. The van der Waals surface area contributed by atoms with Gasteiger partial charge in [-0.3, -0.25) is 14.5 Å². The summed E-state index contributed by atoms with van der Waals surface area (Å²) in [7, 11) is 0. The summed E-state index contributed by atoms with van der Waals surface area (Å²) in [6, 6.07) is 35.5. The van der Waals surface area contributed by atoms with Gasteiger partial charge in [0.15, 0.2) is 11.6 Å². The number of nitrogens with zero attached hydrogens (tertiary/aromatic N) is 2. The topological polar surface area (TPSA) is 50.3 Å². The second-order valence-electron chi connectivity index (χ2n) is 13.3. The Balaban J connectivity index is 1.21. The number of carbonyl (C=O) groups is 2. The van der Waals surface area contributed by atoms with Crippen LogP contribution in [-0.2, 0) is 5.41 Å². The van der Waals surface area contributed by atoms with Crippen molar-refractivity contribution in [2.24, 2.45) is 0 Å². The van der Waals surface area contributed by atoms with Gasteiger partial charge in [0, 0.05) is 26.7 Å². The number of rotatable bonds is 4. The molecule has 4 aliphatic carbocycles. The summed E-state index contributed by atoms with van der Waals surface area (Å²) in [6.07, 6.45) is 8.05. The highest BCUT2D eigenvalue weighted by atomic mass is 35.5. The maximum atomic E-state index is 13.8. The van der Waals surface area contributed by atoms with Crippen molar-refractivity contribution in [1.29, 1.82) is 0 Å². The number of pyridine rings is 1. The Kier molecular flexibility index (Phi) is 7.53. The molecule has 1 atom stereocenters. The van der Waals surface area contributed by atoms with Crippen LogP contribution in [0.4, 0.5) is 17.2 Å². The summed E-state index contributed by atoms with van der Waals surface area (Å²) < 4.78 is 0. The lowest BCUT2D eigenvalue weighted by Gasteiger charge is -2.32. The van der Waals surface area contributed by atoms with Crippen LogP contribution < -0.4 is 4.90 Å². The molecular formula is C44H24Cl4N2O2S. The van der Waals surface area contributed by atoms with Gasteiger partial charge < -0.3 is 0 Å². The maximum absolute atomic E-state index is 13.8. The molecule has 2 heterocycles. The van der Waals surface area contributed by atoms with Crippen molar-refractivity contribution < 1.29 is 9.59 Å². The Hall–Kier alpha value is -4.75. The van der Waals surface area contributed by atoms with Crippen LogP contribution in [0.3, 0.4) is 0 Å². The third-order valence-electron chi connectivity index (χ3n) is 10.6. The van der Waals surface area contributed by atoms with E-state index in [1.54, 1.807) is 6.08 Å². The SMILES string of the molecule is O=C1C(=Cc2cc3c(s2)-c2ccc(N(c4ccccc4)c4ccccc4)nc2C32C3=C(CCC=C3)c3ccccc32)C(=O)c2c(Cl)c(Cl)c(Cl)c(Cl)c21. The van der Waals surface area contributed by atoms with E-state index in [1.807, 2.05) is 36.4 Å². The molecule has 1 spiro atoms. The number of para-hydroxylation sites is 2. The third kappa shape index (κ3) is 4.52. The summed E-state index contributed by atoms with van der Waals surface area (Å²) in [5.74, 6) is -0.257. The molecule has 0 radical (unpaired) electrons. The molecule has 0 amide bonds. The van der Waals surface area contributed by atoms with Crippen molar-refractivity contribution in [2.45, 2.75) is 18.3 Å². The maximum Gasteiger partial charge on any atom is 0.199 e. The number of Topliss-reactive ketones (excluding diaryl/α,β-unsaturated/α-hetero) is 2. The third-order valence-corrected chi connectivity index (χ3v) is 13.5. The van der Waals surface area contributed by atoms with E-state index in [0.29, 0.717) is 0 Å². The van der Waals surface area contributed by atoms with Crippen molar-refractivity contribution in [2.75, 3.05) is 4.90 Å². The van der Waals surface area contributed by atoms with Gasteiger partial charge in [-0.05, 0) is 89.2 Å². The van der Waals surface area contributed by atoms with Gasteiger partial charge in [-0.25, -0.2) is 4.98 Å². The standard InChI is InChI=1S/C44H24Cl4N2O2S/c45-36-34-35(37(46)39(48)38(36)47)41(52)29(40(34)51)21-25-22-32-42(53-25)28-19-20-33(50(23-11-3-1-4-12-23)24-13-5-2-6-14-24)49-43(28)44(32)30-17-9-7-15-26(30)27-16-8-10-18-31(27)44/h1-7,9-15,17-22H,8,16H2. The molecule has 0 bridgehead atoms. The highest BCUT2D eigenvalue weighted by Gasteiger charge is 2.55. The van der Waals surface area contributed by atoms with Crippen molar-refractivity contribution >= 4 is 98.1 Å². The van der Waals surface area contributed by atoms with Gasteiger partial charge in [0.05, 0.1) is 47.9 Å². The van der Waals surface area contributed by atoms with Crippen molar-refractivity contribution in [3.05, 3.63) is 185 Å². The molecule has 53 heavy (non-hydrogen) atoms. The number of halogens is 4. The van der Waals surface area contributed by atoms with E-state index >= 15 is 0 Å². The molecule has 9 heteroatoms. The van der Waals surface area contributed by atoms with Crippen molar-refractivity contribution in [3.8, 4) is 10.4 Å². The minimum Gasteiger partial charge on any atom is -0.295 e. The predicted octanol–water partition coefficient (Wildman–Crippen LogP) is 13.1. The molecule has 0 N–H and O–H groups in total. The van der Waals surface area contributed by atoms with Gasteiger partial charge in [-0.15, -0.1) is 11.3 Å². The van der Waals surface area contributed by atoms with Crippen LogP contribution in [0.2, 0.25) is 20.1 Å². The quantitative estimate of drug-likeness (QED) is 0.0773. The first kappa shape index (κ1) is 32.9. The van der Waals surface area contributed by atoms with Gasteiger partial charge >= 0.3 is 0 Å². The zero-order valence-corrected chi connectivity index (χ0v) is 31.4. The molecule has 4 nitrogen and oxygen atoms in total. The number of hydrogen-bond donors (Lipinski definition) is 0. The molecule has 6 aromatic rings. The average Bonchev–Trinajstić information content (AvgIpc) is 3.89. The number of thiophene rings is 1. The van der Waals surface area contributed by atoms with E-state index in [-0.39, 0.29) is 36.8 Å². The monoisotopic (exact) mass is 784 g/mol. The minimum atomic E-state index is -0.712. The Bertz CT molecular complexity index is 2630. The highest BCUT2D eigenvalue weighted by Crippen LogP contribution is 2.65. The van der Waals surface area contributed by atoms with Gasteiger partial charge in [-0.1, -0.05) is 119 Å². The molecule has 4 aliphatic rings. The lowest BCUT2D eigenvalue weighted by Crippen LogP contribution is -2.28. The van der Waals surface area contributed by atoms with Crippen LogP contribution in [0.25, 0.3) is 22.1 Å². The number of benzene rings is 4. The molecule has 256 valence electrons. The Morgan fingerprint density at radius 3 is 1.98 bits per heavy atom. The zero-order chi connectivity index (χ0) is 36.2. The summed E-state index contributed by atoms with van der Waals surface area (Å²) in [4.78, 5) is 37.2. The van der Waals surface area contributed by atoms with Gasteiger partial charge in [0.1, 0.15) is 5.82 Å². The fraction of sp³-hybridized carbons (Fsp3) is 0.0682. The largest absolute Gasteiger partial charge is 0.295 e. The molecule has 0 fully saturated rings. The summed E-state index contributed by atoms with van der Waals surface area (Å²) in [5.41, 5.74) is 9.19. The Morgan fingerprint density at radius 1 is 0.698 bits per heavy atom. The van der Waals surface area contributed by atoms with Crippen LogP contribution >= 0.6 is 57.7 Å². The van der Waals surface area contributed by atoms with Crippen molar-refractivity contribution in [1.82, 2.24) is 4.98 Å². The lowest BCUT2D eigenvalue weighted by atomic mass is 9.71. The normalized spacial score (nSPS) is 17.6. The minimum absolute atomic E-state index is 0.0155. The fourth-order valence-corrected chi connectivity index (χ4v) is 10.7. The molecule has 4 aromatic carbocycles. The zero-order valence-electron chi connectivity index (χ0n) is 27.6. The number of fused-ring (bicyclic) bond motifs is 10. The van der Waals surface area contributed by atoms with E-state index in [4.69, 9.17) is 51.4 Å². The van der Waals surface area contributed by atoms with Crippen LogP contribution in [0.1, 0.15) is 60.8 Å². The fourth-order valence-electron chi connectivity index (χ4n) is 8.46. The average molecular weight is 787 g/mol. The number of carbonyl (C=O) groups excluding carboxylic acids is 2. The van der Waals surface area contributed by atoms with Gasteiger partial charge in [0.2, 0.25) is 0 Å². The highest BCUT2D eigenvalue weighted by molar-refractivity contribution is 7.16. The summed E-state index contributed by atoms with van der Waals surface area (Å²) in [5, 5.41) is -0.259. The van der Waals surface area contributed by atoms with Gasteiger partial charge in [-0.2, -0.15) is 0 Å². The Labute approximate surface area is 329 Å². The molecule has 10 rings (SSSR count). The van der Waals surface area contributed by atoms with Crippen LogP contribution in [0.5, 0.6) is 0 Å². The van der Waals surface area contributed by atoms with Crippen molar-refractivity contribution in [3.63, 3.8) is 0 Å². The predicted molar refractivity (Wildman–Crippen MR) is 217 cm³/mol. The lowest BCUT2D eigenvalue weighted by molar-refractivity contribution is 0.0990. The Morgan fingerprint density at radius 2 is 1.32 bits per heavy atom. The first-order valence-corrected chi connectivity index (χ1v) is 19.4. The molecule has 0 aliphatic heterocycles. The molecule has 1 unspecified atom stereocenters. The molecule has 0 saturated heterocycles. The second kappa shape index (κ2) is 12.1. The first-order chi connectivity index (χ1) is 25.8. The van der Waals surface area contributed by atoms with E-state index in [1.165, 1.54) is 33.6 Å². The number of anilines is 3. The molecule has 0 saturated carbocycles. The molecule has 2 aromatic heterocycles. The number of aromatic nitrogens is 1. The summed E-state index contributed by atoms with van der Waals surface area (Å²) in [6.45, 7) is 0. The van der Waals surface area contributed by atoms with Gasteiger partial charge in [0.25, 0.3) is 0 Å². The van der Waals surface area contributed by atoms with E-state index in [2.05, 4.69) is 83.8 Å².